The van der Waals surface area contributed by atoms with Gasteiger partial charge < -0.3 is 10.6 Å². The molecule has 0 unspecified atom stereocenters. The highest BCUT2D eigenvalue weighted by molar-refractivity contribution is 7.17. The maximum atomic E-state index is 13.8. The largest absolute Gasteiger partial charge is 0.324 e. The van der Waals surface area contributed by atoms with Crippen LogP contribution in [0.25, 0.3) is 10.4 Å². The number of rotatable bonds is 3. The van der Waals surface area contributed by atoms with E-state index in [4.69, 9.17) is 0 Å². The Bertz CT molecular complexity index is 1060. The number of aryl methyl sites for hydroxylation is 2. The standard InChI is InChI=1S/C21H17FN2O2S/c1-12(25)23-18-11-15(8-9-17(18)22)24-21(26)19-10-14-7-6-13-4-2-3-5-16(13)20(14)27-19/h2-5,8-11H,6-7H2,1H3,(H,23,25)(H,24,26). The second-order valence-electron chi connectivity index (χ2n) is 6.45. The van der Waals surface area contributed by atoms with Crippen molar-refractivity contribution in [3.8, 4) is 10.4 Å². The van der Waals surface area contributed by atoms with Crippen LogP contribution >= 0.6 is 11.3 Å². The van der Waals surface area contributed by atoms with Gasteiger partial charge in [0.1, 0.15) is 5.82 Å². The molecule has 1 aliphatic carbocycles. The quantitative estimate of drug-likeness (QED) is 0.681. The Morgan fingerprint density at radius 1 is 1.00 bits per heavy atom. The third-order valence-corrected chi connectivity index (χ3v) is 5.70. The van der Waals surface area contributed by atoms with Gasteiger partial charge in [-0.25, -0.2) is 4.39 Å². The molecule has 1 heterocycles. The molecule has 2 amide bonds. The lowest BCUT2D eigenvalue weighted by Crippen LogP contribution is -2.12. The minimum absolute atomic E-state index is 0.0414. The van der Waals surface area contributed by atoms with Crippen LogP contribution in [0.15, 0.2) is 48.5 Å². The summed E-state index contributed by atoms with van der Waals surface area (Å²) in [5.41, 5.74) is 4.15. The van der Waals surface area contributed by atoms with Crippen molar-refractivity contribution in [2.75, 3.05) is 10.6 Å². The van der Waals surface area contributed by atoms with Crippen molar-refractivity contribution in [2.45, 2.75) is 19.8 Å². The first-order chi connectivity index (χ1) is 13.0. The number of thiophene rings is 1. The normalized spacial score (nSPS) is 12.1. The van der Waals surface area contributed by atoms with Crippen molar-refractivity contribution in [3.63, 3.8) is 0 Å². The fraction of sp³-hybridized carbons (Fsp3) is 0.143. The molecule has 27 heavy (non-hydrogen) atoms. The zero-order valence-corrected chi connectivity index (χ0v) is 15.5. The second-order valence-corrected chi connectivity index (χ2v) is 7.50. The highest BCUT2D eigenvalue weighted by Gasteiger charge is 2.21. The van der Waals surface area contributed by atoms with E-state index >= 15 is 0 Å². The van der Waals surface area contributed by atoms with Crippen molar-refractivity contribution in [2.24, 2.45) is 0 Å². The van der Waals surface area contributed by atoms with Crippen LogP contribution < -0.4 is 10.6 Å². The van der Waals surface area contributed by atoms with Gasteiger partial charge in [-0.1, -0.05) is 24.3 Å². The van der Waals surface area contributed by atoms with Crippen molar-refractivity contribution in [3.05, 3.63) is 70.4 Å². The van der Waals surface area contributed by atoms with Crippen molar-refractivity contribution < 1.29 is 14.0 Å². The highest BCUT2D eigenvalue weighted by Crippen LogP contribution is 2.39. The van der Waals surface area contributed by atoms with E-state index in [-0.39, 0.29) is 17.5 Å². The van der Waals surface area contributed by atoms with Gasteiger partial charge in [-0.05, 0) is 53.8 Å². The summed E-state index contributed by atoms with van der Waals surface area (Å²) in [5.74, 6) is -1.17. The van der Waals surface area contributed by atoms with Gasteiger partial charge in [0.15, 0.2) is 0 Å². The van der Waals surface area contributed by atoms with Crippen molar-refractivity contribution >= 4 is 34.5 Å². The predicted molar refractivity (Wildman–Crippen MR) is 106 cm³/mol. The molecule has 0 spiro atoms. The lowest BCUT2D eigenvalue weighted by molar-refractivity contribution is -0.114. The number of hydrogen-bond acceptors (Lipinski definition) is 3. The van der Waals surface area contributed by atoms with Crippen LogP contribution in [0.4, 0.5) is 15.8 Å². The smallest absolute Gasteiger partial charge is 0.265 e. The number of halogens is 1. The summed E-state index contributed by atoms with van der Waals surface area (Å²) >= 11 is 1.47. The monoisotopic (exact) mass is 380 g/mol. The molecule has 0 saturated carbocycles. The zero-order chi connectivity index (χ0) is 19.0. The van der Waals surface area contributed by atoms with Gasteiger partial charge in [-0.2, -0.15) is 0 Å². The summed E-state index contributed by atoms with van der Waals surface area (Å²) in [4.78, 5) is 25.6. The molecule has 4 nitrogen and oxygen atoms in total. The molecule has 4 rings (SSSR count). The maximum absolute atomic E-state index is 13.8. The first kappa shape index (κ1) is 17.4. The molecule has 0 fully saturated rings. The molecule has 3 aromatic rings. The summed E-state index contributed by atoms with van der Waals surface area (Å²) in [5, 5.41) is 5.20. The molecular weight excluding hydrogens is 363 g/mol. The van der Waals surface area contributed by atoms with Gasteiger partial charge in [0.2, 0.25) is 5.91 Å². The third-order valence-electron chi connectivity index (χ3n) is 4.49. The van der Waals surface area contributed by atoms with E-state index in [1.807, 2.05) is 18.2 Å². The molecule has 0 atom stereocenters. The second kappa shape index (κ2) is 6.96. The lowest BCUT2D eigenvalue weighted by Gasteiger charge is -2.15. The van der Waals surface area contributed by atoms with E-state index in [0.717, 1.165) is 17.7 Å². The summed E-state index contributed by atoms with van der Waals surface area (Å²) in [6, 6.07) is 14.3. The van der Waals surface area contributed by atoms with Crippen LogP contribution in [-0.4, -0.2) is 11.8 Å². The molecule has 0 bridgehead atoms. The fourth-order valence-electron chi connectivity index (χ4n) is 3.26. The molecule has 2 N–H and O–H groups in total. The Hall–Kier alpha value is -2.99. The fourth-order valence-corrected chi connectivity index (χ4v) is 4.43. The molecule has 1 aromatic heterocycles. The Labute approximate surface area is 160 Å². The molecule has 2 aromatic carbocycles. The van der Waals surface area contributed by atoms with E-state index < -0.39 is 5.82 Å². The zero-order valence-electron chi connectivity index (χ0n) is 14.6. The number of carbonyl (C=O) groups excluding carboxylic acids is 2. The molecule has 0 aliphatic heterocycles. The van der Waals surface area contributed by atoms with Gasteiger partial charge in [-0.3, -0.25) is 9.59 Å². The van der Waals surface area contributed by atoms with Gasteiger partial charge in [0, 0.05) is 17.5 Å². The number of hydrogen-bond donors (Lipinski definition) is 2. The minimum atomic E-state index is -0.550. The van der Waals surface area contributed by atoms with Crippen LogP contribution in [0.1, 0.15) is 27.7 Å². The number of amides is 2. The Kier molecular flexibility index (Phi) is 4.49. The van der Waals surface area contributed by atoms with Crippen LogP contribution in [-0.2, 0) is 17.6 Å². The number of fused-ring (bicyclic) bond motifs is 3. The highest BCUT2D eigenvalue weighted by atomic mass is 32.1. The third kappa shape index (κ3) is 3.48. The Morgan fingerprint density at radius 3 is 2.59 bits per heavy atom. The van der Waals surface area contributed by atoms with Gasteiger partial charge >= 0.3 is 0 Å². The lowest BCUT2D eigenvalue weighted by atomic mass is 9.91. The molecule has 6 heteroatoms. The van der Waals surface area contributed by atoms with Crippen LogP contribution in [0.2, 0.25) is 0 Å². The number of carbonyl (C=O) groups is 2. The Balaban J connectivity index is 1.59. The van der Waals surface area contributed by atoms with Gasteiger partial charge in [0.05, 0.1) is 10.6 Å². The average molecular weight is 380 g/mol. The van der Waals surface area contributed by atoms with Gasteiger partial charge in [-0.15, -0.1) is 11.3 Å². The van der Waals surface area contributed by atoms with E-state index in [2.05, 4.69) is 22.8 Å². The molecular formula is C21H17FN2O2S. The van der Waals surface area contributed by atoms with Crippen molar-refractivity contribution in [1.29, 1.82) is 0 Å². The van der Waals surface area contributed by atoms with Crippen LogP contribution in [0.3, 0.4) is 0 Å². The van der Waals surface area contributed by atoms with E-state index in [1.54, 1.807) is 0 Å². The molecule has 1 aliphatic rings. The molecule has 0 radical (unpaired) electrons. The number of benzene rings is 2. The van der Waals surface area contributed by atoms with E-state index in [9.17, 15) is 14.0 Å². The summed E-state index contributed by atoms with van der Waals surface area (Å²) in [6.45, 7) is 1.30. The average Bonchev–Trinajstić information content (AvgIpc) is 3.09. The number of anilines is 2. The van der Waals surface area contributed by atoms with E-state index in [0.29, 0.717) is 10.6 Å². The van der Waals surface area contributed by atoms with Crippen LogP contribution in [0, 0.1) is 5.82 Å². The molecule has 136 valence electrons. The topological polar surface area (TPSA) is 58.2 Å². The summed E-state index contributed by atoms with van der Waals surface area (Å²) in [7, 11) is 0. The first-order valence-corrected chi connectivity index (χ1v) is 9.42. The first-order valence-electron chi connectivity index (χ1n) is 8.61. The van der Waals surface area contributed by atoms with Gasteiger partial charge in [0.25, 0.3) is 5.91 Å². The maximum Gasteiger partial charge on any atom is 0.265 e. The van der Waals surface area contributed by atoms with Crippen LogP contribution in [0.5, 0.6) is 0 Å². The summed E-state index contributed by atoms with van der Waals surface area (Å²) in [6.07, 6.45) is 1.89. The molecule has 0 saturated heterocycles. The minimum Gasteiger partial charge on any atom is -0.324 e. The van der Waals surface area contributed by atoms with E-state index in [1.165, 1.54) is 53.1 Å². The predicted octanol–water partition coefficient (Wildman–Crippen LogP) is 4.86. The summed E-state index contributed by atoms with van der Waals surface area (Å²) < 4.78 is 13.8. The van der Waals surface area contributed by atoms with Crippen molar-refractivity contribution in [1.82, 2.24) is 0 Å². The SMILES string of the molecule is CC(=O)Nc1cc(NC(=O)c2cc3c(s2)-c2ccccc2CC3)ccc1F. The Morgan fingerprint density at radius 2 is 1.78 bits per heavy atom. The number of nitrogens with one attached hydrogen (secondary N) is 2.